The summed E-state index contributed by atoms with van der Waals surface area (Å²) in [4.78, 5) is 68.7. The second-order valence-electron chi connectivity index (χ2n) is 14.6. The number of thiazole rings is 1. The number of rotatable bonds is 26. The molecule has 1 aliphatic heterocycles. The normalized spacial score (nSPS) is 16.4. The van der Waals surface area contributed by atoms with Crippen LogP contribution in [0.25, 0.3) is 0 Å². The lowest BCUT2D eigenvalue weighted by Crippen LogP contribution is -2.56. The van der Waals surface area contributed by atoms with E-state index in [1.54, 1.807) is 34.5 Å². The molecule has 3 atom stereocenters. The molecule has 1 aromatic heterocycles. The van der Waals surface area contributed by atoms with Crippen molar-refractivity contribution in [2.45, 2.75) is 76.2 Å². The molecule has 5 N–H and O–H groups in total. The molecule has 1 aliphatic carbocycles. The van der Waals surface area contributed by atoms with Crippen molar-refractivity contribution in [1.29, 1.82) is 0 Å². The second kappa shape index (κ2) is 28.4. The highest BCUT2D eigenvalue weighted by atomic mass is 32.1. The molecule has 354 valence electrons. The van der Waals surface area contributed by atoms with E-state index >= 15 is 0 Å². The Kier molecular flexibility index (Phi) is 23.8. The highest BCUT2D eigenvalue weighted by molar-refractivity contribution is 7.10. The number of hydrogen-bond acceptors (Lipinski definition) is 14. The first-order valence-electron chi connectivity index (χ1n) is 20.8. The van der Waals surface area contributed by atoms with Gasteiger partial charge in [0.2, 0.25) is 17.6 Å². The van der Waals surface area contributed by atoms with Crippen molar-refractivity contribution >= 4 is 41.0 Å². The van der Waals surface area contributed by atoms with Gasteiger partial charge in [0.25, 0.3) is 0 Å². The Hall–Kier alpha value is -4.45. The molecule has 2 unspecified atom stereocenters. The lowest BCUT2D eigenvalue weighted by Gasteiger charge is -2.35. The molecule has 0 bridgehead atoms. The quantitative estimate of drug-likeness (QED) is 0.0766. The lowest BCUT2D eigenvalue weighted by molar-refractivity contribution is -0.192. The number of ketones is 1. The van der Waals surface area contributed by atoms with Gasteiger partial charge in [-0.3, -0.25) is 19.3 Å². The van der Waals surface area contributed by atoms with Crippen LogP contribution in [0.1, 0.15) is 79.0 Å². The maximum atomic E-state index is 14.2. The zero-order valence-electron chi connectivity index (χ0n) is 35.7. The van der Waals surface area contributed by atoms with Crippen molar-refractivity contribution in [2.75, 3.05) is 92.8 Å². The first kappa shape index (κ1) is 52.9. The van der Waals surface area contributed by atoms with E-state index in [1.165, 1.54) is 25.3 Å². The summed E-state index contributed by atoms with van der Waals surface area (Å²) >= 11 is 1.34. The van der Waals surface area contributed by atoms with Gasteiger partial charge in [0, 0.05) is 31.1 Å². The Morgan fingerprint density at radius 2 is 1.43 bits per heavy atom. The monoisotopic (exact) mass is 919 g/mol. The summed E-state index contributed by atoms with van der Waals surface area (Å²) in [6.07, 6.45) is -0.228. The molecule has 2 aliphatic rings. The molecule has 2 heterocycles. The molecule has 1 saturated carbocycles. The van der Waals surface area contributed by atoms with Crippen LogP contribution < -0.4 is 15.8 Å². The Balaban J connectivity index is 0.00000139. The number of aromatic nitrogens is 1. The predicted octanol–water partition coefficient (Wildman–Crippen LogP) is 4.15. The van der Waals surface area contributed by atoms with Gasteiger partial charge in [-0.15, -0.1) is 11.3 Å². The summed E-state index contributed by atoms with van der Waals surface area (Å²) in [5.41, 5.74) is 6.07. The fourth-order valence-electron chi connectivity index (χ4n) is 6.63. The van der Waals surface area contributed by atoms with Crippen LogP contribution in [0.5, 0.6) is 5.75 Å². The number of amides is 3. The number of carboxylic acid groups (broad SMARTS) is 2. The molecule has 1 aromatic carbocycles. The first-order valence-corrected chi connectivity index (χ1v) is 21.7. The molecule has 0 spiro atoms. The zero-order chi connectivity index (χ0) is 46.2. The number of ether oxygens (including phenoxy) is 6. The topological polar surface area (TPSA) is 239 Å². The number of likely N-dealkylation sites (tertiary alicyclic amines) is 1. The molecule has 2 aromatic rings. The molecular weight excluding hydrogens is 860 g/mol. The van der Waals surface area contributed by atoms with E-state index in [-0.39, 0.29) is 29.3 Å². The van der Waals surface area contributed by atoms with Crippen molar-refractivity contribution in [3.05, 3.63) is 45.9 Å². The Morgan fingerprint density at radius 1 is 0.873 bits per heavy atom. The third-order valence-electron chi connectivity index (χ3n) is 10.1. The number of carboxylic acids is 1. The minimum absolute atomic E-state index is 0.0431. The van der Waals surface area contributed by atoms with E-state index < -0.39 is 36.2 Å². The number of nitrogens with zero attached hydrogens (tertiary/aromatic N) is 3. The number of alkyl halides is 3. The molecule has 0 radical (unpaired) electrons. The van der Waals surface area contributed by atoms with Crippen molar-refractivity contribution in [3.8, 4) is 5.75 Å². The van der Waals surface area contributed by atoms with E-state index in [0.29, 0.717) is 109 Å². The number of likely N-dealkylation sites (N-methyl/N-ethyl adjacent to an activating group) is 1. The van der Waals surface area contributed by atoms with Crippen LogP contribution in [-0.2, 0) is 38.1 Å². The Bertz CT molecular complexity index is 1720. The number of hydrogen-bond donors (Lipinski definition) is 4. The summed E-state index contributed by atoms with van der Waals surface area (Å²) in [6, 6.07) is 4.87. The summed E-state index contributed by atoms with van der Waals surface area (Å²) in [5, 5.41) is 21.8. The van der Waals surface area contributed by atoms with E-state index in [9.17, 15) is 37.5 Å². The maximum Gasteiger partial charge on any atom is 0.490 e. The average molecular weight is 920 g/mol. The Morgan fingerprint density at radius 3 is 1.97 bits per heavy atom. The highest BCUT2D eigenvalue weighted by Crippen LogP contribution is 2.37. The maximum absolute atomic E-state index is 14.2. The van der Waals surface area contributed by atoms with Gasteiger partial charge in [-0.25, -0.2) is 14.6 Å². The molecule has 4 rings (SSSR count). The SMILES string of the molecule is CC(C(=O)NC(C(=O)N1CCC[C@H]1c1nc(C(=O)c2cccc(OCCOCCOCCOCCOCCOCCN)c2)cs1)C1CCCCC1)N(C)C(=O)O.O=C(O)C(F)(F)F. The van der Waals surface area contributed by atoms with Crippen molar-refractivity contribution in [2.24, 2.45) is 11.7 Å². The molecule has 18 nitrogen and oxygen atoms in total. The summed E-state index contributed by atoms with van der Waals surface area (Å²) in [5.74, 6) is -3.21. The van der Waals surface area contributed by atoms with Gasteiger partial charge >= 0.3 is 18.2 Å². The minimum Gasteiger partial charge on any atom is -0.491 e. The fraction of sp³-hybridized carbons (Fsp3) is 0.659. The number of benzene rings is 1. The zero-order valence-corrected chi connectivity index (χ0v) is 36.5. The van der Waals surface area contributed by atoms with E-state index in [4.69, 9.17) is 49.0 Å². The van der Waals surface area contributed by atoms with Gasteiger partial charge in [-0.2, -0.15) is 13.2 Å². The largest absolute Gasteiger partial charge is 0.491 e. The van der Waals surface area contributed by atoms with Gasteiger partial charge in [-0.05, 0) is 50.7 Å². The van der Waals surface area contributed by atoms with E-state index in [2.05, 4.69) is 5.32 Å². The molecule has 1 saturated heterocycles. The first-order chi connectivity index (χ1) is 30.1. The second-order valence-corrected chi connectivity index (χ2v) is 15.5. The number of carbonyl (C=O) groups is 5. The number of halogens is 3. The third kappa shape index (κ3) is 18.7. The van der Waals surface area contributed by atoms with Gasteiger partial charge < -0.3 is 54.6 Å². The summed E-state index contributed by atoms with van der Waals surface area (Å²) < 4.78 is 64.8. The number of nitrogens with one attached hydrogen (secondary N) is 1. The van der Waals surface area contributed by atoms with Gasteiger partial charge in [0.1, 0.15) is 35.1 Å². The van der Waals surface area contributed by atoms with Crippen molar-refractivity contribution in [1.82, 2.24) is 20.1 Å². The molecule has 3 amide bonds. The van der Waals surface area contributed by atoms with Crippen LogP contribution in [0.3, 0.4) is 0 Å². The molecule has 63 heavy (non-hydrogen) atoms. The van der Waals surface area contributed by atoms with Crippen LogP contribution in [0.2, 0.25) is 0 Å². The number of nitrogens with two attached hydrogens (primary N) is 1. The smallest absolute Gasteiger partial charge is 0.490 e. The van der Waals surface area contributed by atoms with Crippen LogP contribution in [-0.4, -0.2) is 166 Å². The fourth-order valence-corrected chi connectivity index (χ4v) is 7.58. The van der Waals surface area contributed by atoms with Crippen LogP contribution in [0.15, 0.2) is 29.6 Å². The lowest BCUT2D eigenvalue weighted by atomic mass is 9.83. The summed E-state index contributed by atoms with van der Waals surface area (Å²) in [6.45, 7) is 7.43. The van der Waals surface area contributed by atoms with Gasteiger partial charge in [0.05, 0.1) is 72.1 Å². The molecule has 22 heteroatoms. The molecule has 2 fully saturated rings. The minimum atomic E-state index is -5.08. The Labute approximate surface area is 368 Å². The van der Waals surface area contributed by atoms with Crippen LogP contribution in [0, 0.1) is 5.92 Å². The van der Waals surface area contributed by atoms with E-state index in [0.717, 1.165) is 43.4 Å². The summed E-state index contributed by atoms with van der Waals surface area (Å²) in [7, 11) is 1.34. The number of aliphatic carboxylic acids is 1. The van der Waals surface area contributed by atoms with Gasteiger partial charge in [0.15, 0.2) is 0 Å². The standard InChI is InChI=1S/C39H59N5O11S.C2HF3O2/c1-28(43(2)39(48)49)36(46)42-34(29-8-4-3-5-9-29)38(47)44-14-7-12-33(44)37-41-32(27-56-37)35(45)30-10-6-11-31(26-30)55-25-24-54-23-22-53-21-20-52-19-18-51-17-16-50-15-13-40;3-2(4,5)1(6)7/h6,10-11,26-29,33-34H,3-5,7-9,12-25,40H2,1-2H3,(H,42,46)(H,48,49);(H,6,7)/t28?,33-,34?;/m0./s1. The molecular formula is C41H60F3N5O13S. The third-order valence-corrected chi connectivity index (χ3v) is 11.1. The van der Waals surface area contributed by atoms with Crippen molar-refractivity contribution < 1.29 is 75.8 Å². The van der Waals surface area contributed by atoms with Gasteiger partial charge in [-0.1, -0.05) is 31.4 Å². The van der Waals surface area contributed by atoms with Crippen LogP contribution >= 0.6 is 11.3 Å². The van der Waals surface area contributed by atoms with E-state index in [1.807, 2.05) is 0 Å². The average Bonchev–Trinajstić information content (AvgIpc) is 3.97. The number of carbonyl (C=O) groups excluding carboxylic acids is 3. The van der Waals surface area contributed by atoms with Crippen molar-refractivity contribution in [3.63, 3.8) is 0 Å². The predicted molar refractivity (Wildman–Crippen MR) is 222 cm³/mol. The van der Waals surface area contributed by atoms with Crippen LogP contribution in [0.4, 0.5) is 18.0 Å². The highest BCUT2D eigenvalue weighted by Gasteiger charge is 2.41.